The fraction of sp³-hybridized carbons (Fsp3) is 0.702. The van der Waals surface area contributed by atoms with Crippen molar-refractivity contribution >= 4 is 19.8 Å². The molecule has 0 aliphatic heterocycles. The molecule has 8 N–H and O–H groups in total. The van der Waals surface area contributed by atoms with E-state index in [1.165, 1.54) is 19.3 Å². The van der Waals surface area contributed by atoms with Crippen molar-refractivity contribution in [2.24, 2.45) is 0 Å². The lowest BCUT2D eigenvalue weighted by Gasteiger charge is -2.41. The van der Waals surface area contributed by atoms with Crippen LogP contribution in [-0.4, -0.2) is 121 Å². The summed E-state index contributed by atoms with van der Waals surface area (Å²) in [7, 11) is -5.20. The zero-order valence-corrected chi connectivity index (χ0v) is 38.5. The Morgan fingerprint density at radius 3 is 1.65 bits per heavy atom. The first-order valence-corrected chi connectivity index (χ1v) is 24.4. The highest BCUT2D eigenvalue weighted by Crippen LogP contribution is 2.47. The van der Waals surface area contributed by atoms with E-state index in [1.807, 2.05) is 12.2 Å². The van der Waals surface area contributed by atoms with Crippen molar-refractivity contribution in [2.75, 3.05) is 13.2 Å². The second-order valence-corrected chi connectivity index (χ2v) is 17.2. The molecule has 3 unspecified atom stereocenters. The molecule has 1 fully saturated rings. The maximum absolute atomic E-state index is 12.8. The second-order valence-electron chi connectivity index (χ2n) is 15.8. The molecule has 0 amide bonds. The van der Waals surface area contributed by atoms with Gasteiger partial charge >= 0.3 is 19.8 Å². The Hall–Kier alpha value is -2.79. The van der Waals surface area contributed by atoms with Gasteiger partial charge in [0.05, 0.1) is 18.8 Å². The number of aliphatic hydroxyl groups excluding tert-OH is 7. The number of esters is 2. The largest absolute Gasteiger partial charge is 0.472 e. The van der Waals surface area contributed by atoms with E-state index in [9.17, 15) is 54.8 Å². The number of carbonyl (C=O) groups excluding carboxylic acids is 2. The zero-order valence-electron chi connectivity index (χ0n) is 37.6. The van der Waals surface area contributed by atoms with Gasteiger partial charge in [-0.2, -0.15) is 0 Å². The number of carbonyl (C=O) groups is 2. The van der Waals surface area contributed by atoms with E-state index in [0.29, 0.717) is 12.8 Å². The van der Waals surface area contributed by atoms with Crippen molar-refractivity contribution in [1.29, 1.82) is 0 Å². The summed E-state index contributed by atoms with van der Waals surface area (Å²) in [6, 6.07) is 0. The minimum atomic E-state index is -5.20. The quantitative estimate of drug-likeness (QED) is 0.0142. The lowest BCUT2D eigenvalue weighted by Crippen LogP contribution is -2.64. The minimum absolute atomic E-state index is 0.0158. The van der Waals surface area contributed by atoms with Gasteiger partial charge in [-0.1, -0.05) is 119 Å². The zero-order chi connectivity index (χ0) is 46.7. The van der Waals surface area contributed by atoms with E-state index in [4.69, 9.17) is 18.5 Å². The van der Waals surface area contributed by atoms with Crippen molar-refractivity contribution < 1.29 is 73.3 Å². The molecule has 0 radical (unpaired) electrons. The first-order chi connectivity index (χ1) is 30.2. The number of hydrogen-bond acceptors (Lipinski definition) is 14. The van der Waals surface area contributed by atoms with E-state index in [0.717, 1.165) is 64.2 Å². The maximum atomic E-state index is 12.8. The SMILES string of the molecule is CC/C=C\C/C=C\C/C=C\C/C=C\C[C@H](O)[C@@H](O)CCCC(=O)OC[C@H](COP(=O)(O)OC1[C@H](O)[C@H](O)C(O)[C@H](O)[C@H]1O)OC(=O)CCCCCCC/C=C\C/C=C\CCCCC. The lowest BCUT2D eigenvalue weighted by molar-refractivity contribution is -0.220. The number of rotatable bonds is 36. The van der Waals surface area contributed by atoms with Crippen LogP contribution >= 0.6 is 7.82 Å². The molecule has 362 valence electrons. The van der Waals surface area contributed by atoms with Crippen molar-refractivity contribution in [1.82, 2.24) is 0 Å². The van der Waals surface area contributed by atoms with E-state index in [-0.39, 0.29) is 32.1 Å². The van der Waals surface area contributed by atoms with Gasteiger partial charge in [-0.3, -0.25) is 18.6 Å². The molecule has 63 heavy (non-hydrogen) atoms. The molecule has 0 saturated heterocycles. The summed E-state index contributed by atoms with van der Waals surface area (Å²) in [5, 5.41) is 70.9. The van der Waals surface area contributed by atoms with E-state index < -0.39 is 87.9 Å². The number of hydrogen-bond donors (Lipinski definition) is 8. The number of ether oxygens (including phenoxy) is 2. The molecule has 1 aliphatic rings. The van der Waals surface area contributed by atoms with Gasteiger partial charge in [-0.05, 0) is 83.5 Å². The van der Waals surface area contributed by atoms with Gasteiger partial charge in [-0.15, -0.1) is 0 Å². The average molecular weight is 915 g/mol. The molecular formula is C47H79O15P. The molecule has 0 bridgehead atoms. The molecule has 1 saturated carbocycles. The highest BCUT2D eigenvalue weighted by Gasteiger charge is 2.51. The highest BCUT2D eigenvalue weighted by molar-refractivity contribution is 7.47. The predicted octanol–water partition coefficient (Wildman–Crippen LogP) is 6.66. The Morgan fingerprint density at radius 1 is 0.571 bits per heavy atom. The van der Waals surface area contributed by atoms with E-state index in [1.54, 1.807) is 6.08 Å². The van der Waals surface area contributed by atoms with Gasteiger partial charge < -0.3 is 50.1 Å². The molecule has 1 aliphatic carbocycles. The third-order valence-electron chi connectivity index (χ3n) is 10.2. The smallest absolute Gasteiger partial charge is 0.462 e. The van der Waals surface area contributed by atoms with Crippen LogP contribution in [-0.2, 0) is 32.7 Å². The monoisotopic (exact) mass is 915 g/mol. The molecule has 1 rings (SSSR count). The Morgan fingerprint density at radius 2 is 1.06 bits per heavy atom. The van der Waals surface area contributed by atoms with Crippen LogP contribution in [0.25, 0.3) is 0 Å². The van der Waals surface area contributed by atoms with Crippen LogP contribution in [0.1, 0.15) is 142 Å². The summed E-state index contributed by atoms with van der Waals surface area (Å²) in [6.45, 7) is 2.88. The fourth-order valence-electron chi connectivity index (χ4n) is 6.40. The Labute approximate surface area is 375 Å². The number of unbranched alkanes of at least 4 members (excludes halogenated alkanes) is 8. The van der Waals surface area contributed by atoms with Crippen molar-refractivity contribution in [2.45, 2.75) is 197 Å². The van der Waals surface area contributed by atoms with Gasteiger partial charge in [0.1, 0.15) is 43.2 Å². The van der Waals surface area contributed by atoms with Crippen LogP contribution in [0.3, 0.4) is 0 Å². The van der Waals surface area contributed by atoms with E-state index in [2.05, 4.69) is 68.5 Å². The molecule has 10 atom stereocenters. The molecule has 0 spiro atoms. The van der Waals surface area contributed by atoms with Gasteiger partial charge in [0, 0.05) is 12.8 Å². The normalized spacial score (nSPS) is 23.4. The van der Waals surface area contributed by atoms with Crippen molar-refractivity contribution in [3.8, 4) is 0 Å². The molecular weight excluding hydrogens is 835 g/mol. The van der Waals surface area contributed by atoms with E-state index >= 15 is 0 Å². The number of phosphoric acid groups is 1. The molecule has 0 aromatic carbocycles. The van der Waals surface area contributed by atoms with Crippen molar-refractivity contribution in [3.63, 3.8) is 0 Å². The van der Waals surface area contributed by atoms with Gasteiger partial charge in [-0.25, -0.2) is 4.57 Å². The summed E-state index contributed by atoms with van der Waals surface area (Å²) >= 11 is 0. The van der Waals surface area contributed by atoms with Crippen LogP contribution in [0.2, 0.25) is 0 Å². The number of phosphoric ester groups is 1. The van der Waals surface area contributed by atoms with Gasteiger partial charge in [0.25, 0.3) is 0 Å². The predicted molar refractivity (Wildman–Crippen MR) is 242 cm³/mol. The van der Waals surface area contributed by atoms with Crippen LogP contribution in [0, 0.1) is 0 Å². The lowest BCUT2D eigenvalue weighted by atomic mass is 9.85. The van der Waals surface area contributed by atoms with Gasteiger partial charge in [0.15, 0.2) is 6.10 Å². The third-order valence-corrected chi connectivity index (χ3v) is 11.2. The summed E-state index contributed by atoms with van der Waals surface area (Å²) in [5.41, 5.74) is 0. The average Bonchev–Trinajstić information content (AvgIpc) is 3.26. The molecule has 15 nitrogen and oxygen atoms in total. The third kappa shape index (κ3) is 28.7. The fourth-order valence-corrected chi connectivity index (χ4v) is 7.38. The Kier molecular flexibility index (Phi) is 33.7. The van der Waals surface area contributed by atoms with Crippen LogP contribution in [0.5, 0.6) is 0 Å². The number of allylic oxidation sites excluding steroid dienone is 11. The Bertz CT molecular complexity index is 1410. The van der Waals surface area contributed by atoms with Crippen LogP contribution < -0.4 is 0 Å². The Balaban J connectivity index is 2.59. The maximum Gasteiger partial charge on any atom is 0.472 e. The summed E-state index contributed by atoms with van der Waals surface area (Å²) in [5.74, 6) is -1.41. The van der Waals surface area contributed by atoms with Crippen molar-refractivity contribution in [3.05, 3.63) is 72.9 Å². The summed E-state index contributed by atoms with van der Waals surface area (Å²) < 4.78 is 33.3. The second kappa shape index (κ2) is 36.4. The summed E-state index contributed by atoms with van der Waals surface area (Å²) in [6.07, 6.45) is 24.0. The standard InChI is InChI=1S/C47H79O15P/c1-3-5-7-9-11-13-15-17-18-19-21-23-25-27-29-33-41(51)61-37(36-60-63(57,58)62-47-45(55)43(53)42(52)44(54)46(47)56)35-59-40(50)34-30-32-39(49)38(48)31-28-26-24-22-20-16-14-12-10-8-6-4-2/h6,8,11-14,17-18,20,22,26,28,37-39,42-49,52-56H,3-5,7,9-10,15-16,19,21,23-25,27,29-36H2,1-2H3,(H,57,58)/b8-6-,13-11-,14-12-,18-17-,22-20-,28-26-/t37-,38+,39+,42?,43-,44+,45-,46-,47?/m1/s1. The minimum Gasteiger partial charge on any atom is -0.462 e. The molecule has 0 heterocycles. The summed E-state index contributed by atoms with van der Waals surface area (Å²) in [4.78, 5) is 35.7. The topological polar surface area (TPSA) is 250 Å². The first-order valence-electron chi connectivity index (χ1n) is 22.9. The molecule has 0 aromatic rings. The van der Waals surface area contributed by atoms with Crippen LogP contribution in [0.4, 0.5) is 0 Å². The first kappa shape index (κ1) is 58.2. The molecule has 16 heteroatoms. The van der Waals surface area contributed by atoms with Crippen LogP contribution in [0.15, 0.2) is 72.9 Å². The molecule has 0 aromatic heterocycles. The number of aliphatic hydroxyl groups is 7. The van der Waals surface area contributed by atoms with Gasteiger partial charge in [0.2, 0.25) is 0 Å². The highest BCUT2D eigenvalue weighted by atomic mass is 31.2.